The molecule has 5 heteroatoms. The number of aromatic nitrogens is 1. The summed E-state index contributed by atoms with van der Waals surface area (Å²) in [5, 5.41) is 19.5. The Morgan fingerprint density at radius 3 is 2.38 bits per heavy atom. The summed E-state index contributed by atoms with van der Waals surface area (Å²) in [4.78, 5) is 16.1. The third kappa shape index (κ3) is 2.64. The van der Waals surface area contributed by atoms with Gasteiger partial charge in [-0.25, -0.2) is 9.78 Å². The van der Waals surface area contributed by atoms with E-state index in [1.165, 1.54) is 0 Å². The van der Waals surface area contributed by atoms with Crippen LogP contribution in [0.15, 0.2) is 54.6 Å². The molecule has 0 aliphatic carbocycles. The van der Waals surface area contributed by atoms with Crippen LogP contribution in [0.5, 0.6) is 5.75 Å². The second kappa shape index (κ2) is 5.38. The van der Waals surface area contributed by atoms with Gasteiger partial charge in [-0.2, -0.15) is 0 Å². The number of aromatic carboxylic acids is 1. The summed E-state index contributed by atoms with van der Waals surface area (Å²) < 4.78 is 0. The first-order valence-electron chi connectivity index (χ1n) is 6.24. The van der Waals surface area contributed by atoms with Crippen molar-refractivity contribution >= 4 is 17.3 Å². The Morgan fingerprint density at radius 1 is 1.00 bits per heavy atom. The average Bonchev–Trinajstić information content (AvgIpc) is 2.93. The van der Waals surface area contributed by atoms with Gasteiger partial charge in [-0.15, -0.1) is 11.3 Å². The van der Waals surface area contributed by atoms with Crippen LogP contribution in [0.25, 0.3) is 21.8 Å². The van der Waals surface area contributed by atoms with Crippen molar-refractivity contribution in [2.45, 2.75) is 0 Å². The van der Waals surface area contributed by atoms with Gasteiger partial charge in [0.15, 0.2) is 0 Å². The molecule has 21 heavy (non-hydrogen) atoms. The van der Waals surface area contributed by atoms with Crippen molar-refractivity contribution in [2.75, 3.05) is 0 Å². The summed E-state index contributed by atoms with van der Waals surface area (Å²) in [5.41, 5.74) is 1.91. The molecule has 0 unspecified atom stereocenters. The van der Waals surface area contributed by atoms with Crippen molar-refractivity contribution in [3.8, 4) is 27.6 Å². The van der Waals surface area contributed by atoms with Crippen LogP contribution >= 0.6 is 11.3 Å². The van der Waals surface area contributed by atoms with Gasteiger partial charge in [-0.3, -0.25) is 0 Å². The number of hydrogen-bond acceptors (Lipinski definition) is 4. The molecule has 3 aromatic rings. The molecule has 0 saturated heterocycles. The monoisotopic (exact) mass is 297 g/mol. The van der Waals surface area contributed by atoms with Gasteiger partial charge in [0, 0.05) is 11.1 Å². The number of rotatable bonds is 3. The molecule has 1 heterocycles. The number of hydrogen-bond donors (Lipinski definition) is 2. The lowest BCUT2D eigenvalue weighted by molar-refractivity contribution is 0.0702. The highest BCUT2D eigenvalue weighted by atomic mass is 32.1. The molecule has 4 nitrogen and oxygen atoms in total. The number of carbonyl (C=O) groups is 1. The van der Waals surface area contributed by atoms with E-state index in [0.717, 1.165) is 16.9 Å². The SMILES string of the molecule is O=C(O)c1sc(-c2cccc(O)c2)nc1-c1ccccc1. The van der Waals surface area contributed by atoms with Gasteiger partial charge in [0.2, 0.25) is 0 Å². The van der Waals surface area contributed by atoms with Crippen LogP contribution < -0.4 is 0 Å². The van der Waals surface area contributed by atoms with Crippen LogP contribution in [0.4, 0.5) is 0 Å². The third-order valence-electron chi connectivity index (χ3n) is 2.96. The van der Waals surface area contributed by atoms with E-state index in [1.807, 2.05) is 30.3 Å². The Bertz CT molecular complexity index is 796. The predicted octanol–water partition coefficient (Wildman–Crippen LogP) is 3.88. The number of thiazole rings is 1. The first-order valence-corrected chi connectivity index (χ1v) is 7.06. The third-order valence-corrected chi connectivity index (χ3v) is 4.05. The Labute approximate surface area is 125 Å². The van der Waals surface area contributed by atoms with Gasteiger partial charge in [0.05, 0.1) is 5.69 Å². The minimum atomic E-state index is -1.00. The molecule has 0 bridgehead atoms. The summed E-state index contributed by atoms with van der Waals surface area (Å²) in [6.07, 6.45) is 0. The smallest absolute Gasteiger partial charge is 0.348 e. The predicted molar refractivity (Wildman–Crippen MR) is 81.6 cm³/mol. The summed E-state index contributed by atoms with van der Waals surface area (Å²) >= 11 is 1.10. The van der Waals surface area contributed by atoms with Crippen LogP contribution in [-0.4, -0.2) is 21.2 Å². The normalized spacial score (nSPS) is 10.5. The minimum absolute atomic E-state index is 0.126. The highest BCUT2D eigenvalue weighted by Crippen LogP contribution is 2.34. The fourth-order valence-electron chi connectivity index (χ4n) is 2.02. The summed E-state index contributed by atoms with van der Waals surface area (Å²) in [7, 11) is 0. The van der Waals surface area contributed by atoms with E-state index in [9.17, 15) is 15.0 Å². The van der Waals surface area contributed by atoms with Gasteiger partial charge in [-0.05, 0) is 12.1 Å². The topological polar surface area (TPSA) is 70.4 Å². The summed E-state index contributed by atoms with van der Waals surface area (Å²) in [6.45, 7) is 0. The van der Waals surface area contributed by atoms with Crippen molar-refractivity contribution in [1.29, 1.82) is 0 Å². The molecule has 0 radical (unpaired) electrons. The van der Waals surface area contributed by atoms with E-state index in [2.05, 4.69) is 4.98 Å². The maximum atomic E-state index is 11.4. The second-order valence-corrected chi connectivity index (χ2v) is 5.42. The fraction of sp³-hybridized carbons (Fsp3) is 0. The molecule has 0 saturated carbocycles. The molecule has 104 valence electrons. The number of carboxylic acid groups (broad SMARTS) is 1. The maximum absolute atomic E-state index is 11.4. The highest BCUT2D eigenvalue weighted by molar-refractivity contribution is 7.17. The molecule has 0 spiro atoms. The number of phenolic OH excluding ortho intramolecular Hbond substituents is 1. The lowest BCUT2D eigenvalue weighted by Gasteiger charge is -1.98. The molecule has 0 aliphatic heterocycles. The first kappa shape index (κ1) is 13.3. The molecule has 2 aromatic carbocycles. The number of aromatic hydroxyl groups is 1. The second-order valence-electron chi connectivity index (χ2n) is 4.42. The molecule has 0 fully saturated rings. The van der Waals surface area contributed by atoms with E-state index >= 15 is 0 Å². The summed E-state index contributed by atoms with van der Waals surface area (Å²) in [5.74, 6) is -0.876. The number of phenols is 1. The minimum Gasteiger partial charge on any atom is -0.508 e. The Balaban J connectivity index is 2.15. The van der Waals surface area contributed by atoms with Crippen molar-refractivity contribution < 1.29 is 15.0 Å². The number of carboxylic acids is 1. The zero-order valence-corrected chi connectivity index (χ0v) is 11.7. The zero-order valence-electron chi connectivity index (χ0n) is 10.9. The van der Waals surface area contributed by atoms with Crippen LogP contribution in [-0.2, 0) is 0 Å². The van der Waals surface area contributed by atoms with Crippen molar-refractivity contribution in [3.05, 3.63) is 59.5 Å². The Morgan fingerprint density at radius 2 is 1.71 bits per heavy atom. The van der Waals surface area contributed by atoms with Crippen molar-refractivity contribution in [2.24, 2.45) is 0 Å². The molecule has 0 aliphatic rings. The first-order chi connectivity index (χ1) is 10.1. The summed E-state index contributed by atoms with van der Waals surface area (Å²) in [6, 6.07) is 15.8. The van der Waals surface area contributed by atoms with Gasteiger partial charge in [0.1, 0.15) is 15.6 Å². The van der Waals surface area contributed by atoms with E-state index in [1.54, 1.807) is 24.3 Å². The molecule has 0 atom stereocenters. The fourth-order valence-corrected chi connectivity index (χ4v) is 2.94. The van der Waals surface area contributed by atoms with Crippen LogP contribution in [0, 0.1) is 0 Å². The van der Waals surface area contributed by atoms with Crippen molar-refractivity contribution in [3.63, 3.8) is 0 Å². The lowest BCUT2D eigenvalue weighted by atomic mass is 10.1. The molecule has 3 rings (SSSR count). The standard InChI is InChI=1S/C16H11NO3S/c18-12-8-4-7-11(9-12)15-17-13(14(21-15)16(19)20)10-5-2-1-3-6-10/h1-9,18H,(H,19,20). The molecular weight excluding hydrogens is 286 g/mol. The Kier molecular flexibility index (Phi) is 3.41. The van der Waals surface area contributed by atoms with E-state index in [4.69, 9.17) is 0 Å². The van der Waals surface area contributed by atoms with Gasteiger partial charge in [-0.1, -0.05) is 42.5 Å². The molecule has 1 aromatic heterocycles. The maximum Gasteiger partial charge on any atom is 0.348 e. The molecular formula is C16H11NO3S. The van der Waals surface area contributed by atoms with E-state index in [0.29, 0.717) is 16.3 Å². The highest BCUT2D eigenvalue weighted by Gasteiger charge is 2.19. The van der Waals surface area contributed by atoms with Gasteiger partial charge < -0.3 is 10.2 Å². The molecule has 2 N–H and O–H groups in total. The van der Waals surface area contributed by atoms with E-state index in [-0.39, 0.29) is 10.6 Å². The zero-order chi connectivity index (χ0) is 14.8. The van der Waals surface area contributed by atoms with Gasteiger partial charge >= 0.3 is 5.97 Å². The van der Waals surface area contributed by atoms with E-state index < -0.39 is 5.97 Å². The Hall–Kier alpha value is -2.66. The quantitative estimate of drug-likeness (QED) is 0.769. The van der Waals surface area contributed by atoms with Crippen LogP contribution in [0.1, 0.15) is 9.67 Å². The van der Waals surface area contributed by atoms with Crippen LogP contribution in [0.2, 0.25) is 0 Å². The van der Waals surface area contributed by atoms with Crippen molar-refractivity contribution in [1.82, 2.24) is 4.98 Å². The van der Waals surface area contributed by atoms with Gasteiger partial charge in [0.25, 0.3) is 0 Å². The molecule has 0 amide bonds. The largest absolute Gasteiger partial charge is 0.508 e. The number of benzene rings is 2. The number of nitrogens with zero attached hydrogens (tertiary/aromatic N) is 1. The average molecular weight is 297 g/mol. The van der Waals surface area contributed by atoms with Crippen LogP contribution in [0.3, 0.4) is 0 Å². The lowest BCUT2D eigenvalue weighted by Crippen LogP contribution is -1.95.